The molecule has 0 aliphatic rings. The number of hydrogen-bond donors (Lipinski definition) is 1. The Balaban J connectivity index is 3.38. The minimum absolute atomic E-state index is 0.178. The third-order valence-corrected chi connectivity index (χ3v) is 5.59. The average molecular weight is 249 g/mol. The SMILES string of the molecule is CCCCCCCC(O)[P+](=S)CCCC. The average Bonchev–Trinajstić information content (AvgIpc) is 2.25. The molecule has 0 spiro atoms. The summed E-state index contributed by atoms with van der Waals surface area (Å²) < 4.78 is 0. The van der Waals surface area contributed by atoms with Crippen LogP contribution in [0, 0.1) is 0 Å². The summed E-state index contributed by atoms with van der Waals surface area (Å²) in [5, 5.41) is 9.83. The van der Waals surface area contributed by atoms with Gasteiger partial charge in [0.15, 0.2) is 11.8 Å². The predicted molar refractivity (Wildman–Crippen MR) is 73.4 cm³/mol. The molecule has 0 rings (SSSR count). The molecular weight excluding hydrogens is 223 g/mol. The third kappa shape index (κ3) is 9.41. The third-order valence-electron chi connectivity index (χ3n) is 2.63. The molecule has 0 bridgehead atoms. The highest BCUT2D eigenvalue weighted by molar-refractivity contribution is 8.05. The van der Waals surface area contributed by atoms with E-state index in [1.165, 1.54) is 38.5 Å². The van der Waals surface area contributed by atoms with E-state index in [4.69, 9.17) is 11.8 Å². The van der Waals surface area contributed by atoms with E-state index in [-0.39, 0.29) is 5.85 Å². The van der Waals surface area contributed by atoms with Gasteiger partial charge in [-0.05, 0) is 12.8 Å². The van der Waals surface area contributed by atoms with Crippen LogP contribution in [0.15, 0.2) is 0 Å². The minimum Gasteiger partial charge on any atom is -0.353 e. The molecule has 0 aliphatic carbocycles. The van der Waals surface area contributed by atoms with Crippen molar-refractivity contribution < 1.29 is 5.11 Å². The van der Waals surface area contributed by atoms with Crippen LogP contribution in [0.4, 0.5) is 0 Å². The molecule has 15 heavy (non-hydrogen) atoms. The Bertz CT molecular complexity index is 162. The molecule has 0 aromatic carbocycles. The van der Waals surface area contributed by atoms with Gasteiger partial charge in [0.2, 0.25) is 12.5 Å². The molecule has 0 saturated carbocycles. The molecule has 2 atom stereocenters. The van der Waals surface area contributed by atoms with Crippen LogP contribution in [0.25, 0.3) is 0 Å². The molecule has 3 heteroatoms. The first-order valence-corrected chi connectivity index (χ1v) is 8.95. The molecule has 0 radical (unpaired) electrons. The van der Waals surface area contributed by atoms with E-state index in [1.54, 1.807) is 0 Å². The van der Waals surface area contributed by atoms with Crippen molar-refractivity contribution in [1.82, 2.24) is 0 Å². The fourth-order valence-corrected chi connectivity index (χ4v) is 3.64. The van der Waals surface area contributed by atoms with Crippen molar-refractivity contribution in [3.63, 3.8) is 0 Å². The number of unbranched alkanes of at least 4 members (excludes halogenated alkanes) is 5. The molecule has 0 aromatic heterocycles. The Morgan fingerprint density at radius 1 is 1.00 bits per heavy atom. The molecule has 1 nitrogen and oxygen atoms in total. The van der Waals surface area contributed by atoms with Crippen LogP contribution >= 0.6 is 6.70 Å². The van der Waals surface area contributed by atoms with Crippen molar-refractivity contribution in [3.8, 4) is 0 Å². The van der Waals surface area contributed by atoms with E-state index in [2.05, 4.69) is 13.8 Å². The summed E-state index contributed by atoms with van der Waals surface area (Å²) in [5.41, 5.74) is 0. The van der Waals surface area contributed by atoms with Crippen LogP contribution in [-0.4, -0.2) is 17.1 Å². The molecule has 0 amide bonds. The second kappa shape index (κ2) is 11.0. The highest BCUT2D eigenvalue weighted by Gasteiger charge is 2.20. The normalized spacial score (nSPS) is 13.9. The molecule has 0 aliphatic heterocycles. The quantitative estimate of drug-likeness (QED) is 0.457. The van der Waals surface area contributed by atoms with Crippen molar-refractivity contribution in [2.45, 2.75) is 71.1 Å². The maximum atomic E-state index is 9.83. The Morgan fingerprint density at radius 2 is 1.60 bits per heavy atom. The largest absolute Gasteiger partial charge is 0.353 e. The lowest BCUT2D eigenvalue weighted by Crippen LogP contribution is -2.02. The fourth-order valence-electron chi connectivity index (χ4n) is 1.54. The number of aliphatic hydroxyl groups is 1. The topological polar surface area (TPSA) is 20.2 Å². The van der Waals surface area contributed by atoms with Crippen molar-refractivity contribution in [2.24, 2.45) is 0 Å². The zero-order valence-electron chi connectivity index (χ0n) is 10.2. The molecule has 0 aromatic rings. The molecule has 0 saturated heterocycles. The summed E-state index contributed by atoms with van der Waals surface area (Å²) >= 11 is 5.34. The summed E-state index contributed by atoms with van der Waals surface area (Å²) in [6, 6.07) is 0. The van der Waals surface area contributed by atoms with Gasteiger partial charge in [-0.15, -0.1) is 0 Å². The maximum Gasteiger partial charge on any atom is 0.224 e. The molecule has 2 unspecified atom stereocenters. The zero-order chi connectivity index (χ0) is 11.5. The van der Waals surface area contributed by atoms with Gasteiger partial charge in [0.05, 0.1) is 0 Å². The number of hydrogen-bond acceptors (Lipinski definition) is 2. The zero-order valence-corrected chi connectivity index (χ0v) is 12.0. The van der Waals surface area contributed by atoms with Crippen LogP contribution < -0.4 is 0 Å². The van der Waals surface area contributed by atoms with Gasteiger partial charge in [-0.25, -0.2) is 0 Å². The van der Waals surface area contributed by atoms with Gasteiger partial charge in [-0.3, -0.25) is 0 Å². The number of aliphatic hydroxyl groups excluding tert-OH is 1. The van der Waals surface area contributed by atoms with Gasteiger partial charge in [0.25, 0.3) is 0 Å². The molecular formula is C12H26OPS+. The molecule has 0 heterocycles. The second-order valence-electron chi connectivity index (χ2n) is 4.18. The monoisotopic (exact) mass is 249 g/mol. The van der Waals surface area contributed by atoms with Crippen LogP contribution in [0.2, 0.25) is 0 Å². The molecule has 90 valence electrons. The van der Waals surface area contributed by atoms with E-state index in [0.717, 1.165) is 19.0 Å². The lowest BCUT2D eigenvalue weighted by atomic mass is 10.1. The Kier molecular flexibility index (Phi) is 11.3. The summed E-state index contributed by atoms with van der Waals surface area (Å²) in [4.78, 5) is 0. The summed E-state index contributed by atoms with van der Waals surface area (Å²) in [5.74, 6) is -0.178. The Hall–Kier alpha value is 0.480. The molecule has 0 fully saturated rings. The van der Waals surface area contributed by atoms with Gasteiger partial charge in [-0.1, -0.05) is 46.0 Å². The summed E-state index contributed by atoms with van der Waals surface area (Å²) in [7, 11) is 0. The first-order chi connectivity index (χ1) is 7.22. The van der Waals surface area contributed by atoms with Crippen molar-refractivity contribution in [3.05, 3.63) is 0 Å². The molecule has 1 N–H and O–H groups in total. The Morgan fingerprint density at radius 3 is 2.20 bits per heavy atom. The van der Waals surface area contributed by atoms with Gasteiger partial charge < -0.3 is 5.11 Å². The second-order valence-corrected chi connectivity index (χ2v) is 7.46. The minimum atomic E-state index is -0.533. The van der Waals surface area contributed by atoms with Crippen LogP contribution in [0.5, 0.6) is 0 Å². The van der Waals surface area contributed by atoms with Crippen LogP contribution in [0.3, 0.4) is 0 Å². The predicted octanol–water partition coefficient (Wildman–Crippen LogP) is 4.41. The smallest absolute Gasteiger partial charge is 0.224 e. The lowest BCUT2D eigenvalue weighted by molar-refractivity contribution is 0.243. The van der Waals surface area contributed by atoms with E-state index in [1.807, 2.05) is 0 Å². The Labute approximate surface area is 101 Å². The van der Waals surface area contributed by atoms with Crippen LogP contribution in [0.1, 0.15) is 65.2 Å². The number of rotatable bonds is 10. The van der Waals surface area contributed by atoms with E-state index in [0.29, 0.717) is 0 Å². The van der Waals surface area contributed by atoms with E-state index in [9.17, 15) is 5.11 Å². The van der Waals surface area contributed by atoms with Crippen molar-refractivity contribution >= 4 is 18.5 Å². The first kappa shape index (κ1) is 15.5. The van der Waals surface area contributed by atoms with Gasteiger partial charge >= 0.3 is 0 Å². The first-order valence-electron chi connectivity index (χ1n) is 6.34. The van der Waals surface area contributed by atoms with Crippen molar-refractivity contribution in [1.29, 1.82) is 0 Å². The van der Waals surface area contributed by atoms with Gasteiger partial charge in [-0.2, -0.15) is 0 Å². The standard InChI is InChI=1S/C12H26OPS/c1-3-5-7-8-9-10-12(13)14(15)11-6-4-2/h12-13H,3-11H2,1-2H3/q+1. The van der Waals surface area contributed by atoms with E-state index >= 15 is 0 Å². The van der Waals surface area contributed by atoms with Gasteiger partial charge in [0, 0.05) is 6.42 Å². The van der Waals surface area contributed by atoms with E-state index < -0.39 is 6.70 Å². The highest BCUT2D eigenvalue weighted by atomic mass is 32.4. The summed E-state index contributed by atoms with van der Waals surface area (Å²) in [6.07, 6.45) is 10.7. The van der Waals surface area contributed by atoms with Crippen molar-refractivity contribution in [2.75, 3.05) is 6.16 Å². The van der Waals surface area contributed by atoms with Crippen LogP contribution in [-0.2, 0) is 11.8 Å². The highest BCUT2D eigenvalue weighted by Crippen LogP contribution is 2.31. The maximum absolute atomic E-state index is 9.83. The summed E-state index contributed by atoms with van der Waals surface area (Å²) in [6.45, 7) is 3.87. The van der Waals surface area contributed by atoms with Gasteiger partial charge in [0.1, 0.15) is 6.16 Å². The fraction of sp³-hybridized carbons (Fsp3) is 1.00. The lowest BCUT2D eigenvalue weighted by Gasteiger charge is -2.03.